The van der Waals surface area contributed by atoms with Crippen molar-refractivity contribution < 1.29 is 9.23 Å². The maximum absolute atomic E-state index is 13.5. The summed E-state index contributed by atoms with van der Waals surface area (Å²) < 4.78 is 14.8. The molecule has 4 heteroatoms. The lowest BCUT2D eigenvalue weighted by atomic mass is 10.1. The number of benzene rings is 1. The second-order valence-electron chi connectivity index (χ2n) is 5.73. The van der Waals surface area contributed by atoms with Crippen molar-refractivity contribution in [3.05, 3.63) is 46.0 Å². The summed E-state index contributed by atoms with van der Waals surface area (Å²) >= 11 is 0. The van der Waals surface area contributed by atoms with Gasteiger partial charge in [-0.25, -0.2) is 4.39 Å². The van der Waals surface area contributed by atoms with E-state index in [0.29, 0.717) is 17.5 Å². The first kappa shape index (κ1) is 14.1. The molecule has 1 aromatic heterocycles. The van der Waals surface area contributed by atoms with Gasteiger partial charge in [-0.1, -0.05) is 13.3 Å². The number of nitrogens with zero attached hydrogens (tertiary/aromatic N) is 1. The van der Waals surface area contributed by atoms with Gasteiger partial charge >= 0.3 is 0 Å². The standard InChI is InChI=1S/C17H20FNO2/c1-2-5-12-10-13-11-14(18)8-9-16(13)19(17(12)20)21-15-6-3-4-7-15/h8-11,15H,2-7H2,1H3. The number of halogens is 1. The molecule has 0 aliphatic heterocycles. The number of rotatable bonds is 4. The Bertz CT molecular complexity index is 702. The Hall–Kier alpha value is -1.84. The van der Waals surface area contributed by atoms with Crippen LogP contribution in [0.3, 0.4) is 0 Å². The van der Waals surface area contributed by atoms with E-state index >= 15 is 0 Å². The van der Waals surface area contributed by atoms with Gasteiger partial charge in [0, 0.05) is 10.9 Å². The van der Waals surface area contributed by atoms with Crippen LogP contribution in [0.25, 0.3) is 10.9 Å². The molecule has 1 fully saturated rings. The van der Waals surface area contributed by atoms with Gasteiger partial charge in [-0.3, -0.25) is 4.79 Å². The van der Waals surface area contributed by atoms with E-state index < -0.39 is 0 Å². The van der Waals surface area contributed by atoms with Crippen LogP contribution in [0, 0.1) is 5.82 Å². The van der Waals surface area contributed by atoms with E-state index in [4.69, 9.17) is 4.84 Å². The number of aromatic nitrogens is 1. The maximum atomic E-state index is 13.5. The highest BCUT2D eigenvalue weighted by Gasteiger charge is 2.19. The fourth-order valence-corrected chi connectivity index (χ4v) is 3.01. The van der Waals surface area contributed by atoms with E-state index in [1.54, 1.807) is 12.1 Å². The largest absolute Gasteiger partial charge is 0.407 e. The van der Waals surface area contributed by atoms with Crippen LogP contribution in [0.15, 0.2) is 29.1 Å². The lowest BCUT2D eigenvalue weighted by Crippen LogP contribution is -2.34. The number of aryl methyl sites for hydroxylation is 1. The highest BCUT2D eigenvalue weighted by atomic mass is 19.1. The highest BCUT2D eigenvalue weighted by molar-refractivity contribution is 5.79. The topological polar surface area (TPSA) is 31.2 Å². The summed E-state index contributed by atoms with van der Waals surface area (Å²) in [5.74, 6) is -0.295. The van der Waals surface area contributed by atoms with E-state index in [9.17, 15) is 9.18 Å². The Balaban J connectivity index is 2.13. The van der Waals surface area contributed by atoms with Crippen LogP contribution in [-0.4, -0.2) is 10.8 Å². The molecule has 0 spiro atoms. The van der Waals surface area contributed by atoms with Gasteiger partial charge in [0.15, 0.2) is 0 Å². The van der Waals surface area contributed by atoms with Crippen molar-refractivity contribution in [2.24, 2.45) is 0 Å². The van der Waals surface area contributed by atoms with Crippen LogP contribution in [-0.2, 0) is 6.42 Å². The van der Waals surface area contributed by atoms with Gasteiger partial charge in [0.2, 0.25) is 0 Å². The van der Waals surface area contributed by atoms with Crippen molar-refractivity contribution in [3.8, 4) is 0 Å². The molecule has 112 valence electrons. The maximum Gasteiger partial charge on any atom is 0.286 e. The highest BCUT2D eigenvalue weighted by Crippen LogP contribution is 2.21. The predicted octanol–water partition coefficient (Wildman–Crippen LogP) is 3.46. The summed E-state index contributed by atoms with van der Waals surface area (Å²) in [7, 11) is 0. The van der Waals surface area contributed by atoms with Gasteiger partial charge in [-0.15, -0.1) is 4.73 Å². The molecule has 1 aliphatic carbocycles. The van der Waals surface area contributed by atoms with Crippen LogP contribution in [0.2, 0.25) is 0 Å². The van der Waals surface area contributed by atoms with Crippen molar-refractivity contribution in [1.29, 1.82) is 0 Å². The van der Waals surface area contributed by atoms with Gasteiger partial charge in [-0.05, 0) is 56.4 Å². The molecule has 3 rings (SSSR count). The van der Waals surface area contributed by atoms with Crippen LogP contribution < -0.4 is 10.4 Å². The van der Waals surface area contributed by atoms with Crippen LogP contribution >= 0.6 is 0 Å². The first-order valence-electron chi connectivity index (χ1n) is 7.70. The third kappa shape index (κ3) is 2.80. The fraction of sp³-hybridized carbons (Fsp3) is 0.471. The molecule has 1 heterocycles. The zero-order valence-electron chi connectivity index (χ0n) is 12.3. The zero-order valence-corrected chi connectivity index (χ0v) is 12.3. The number of hydrogen-bond acceptors (Lipinski definition) is 2. The molecular formula is C17H20FNO2. The molecule has 0 atom stereocenters. The van der Waals surface area contributed by atoms with Crippen LogP contribution in [0.5, 0.6) is 0 Å². The van der Waals surface area contributed by atoms with Gasteiger partial charge in [0.25, 0.3) is 5.56 Å². The molecule has 2 aromatic rings. The van der Waals surface area contributed by atoms with Crippen molar-refractivity contribution >= 4 is 10.9 Å². The molecule has 0 saturated heterocycles. The van der Waals surface area contributed by atoms with E-state index in [0.717, 1.165) is 37.5 Å². The minimum Gasteiger partial charge on any atom is -0.407 e. The SMILES string of the molecule is CCCc1cc2cc(F)ccc2n(OC2CCCC2)c1=O. The van der Waals surface area contributed by atoms with Gasteiger partial charge < -0.3 is 4.84 Å². The Labute approximate surface area is 123 Å². The minimum atomic E-state index is -0.295. The molecule has 0 amide bonds. The molecule has 21 heavy (non-hydrogen) atoms. The summed E-state index contributed by atoms with van der Waals surface area (Å²) in [6, 6.07) is 6.24. The molecular weight excluding hydrogens is 269 g/mol. The average Bonchev–Trinajstić information content (AvgIpc) is 2.96. The average molecular weight is 289 g/mol. The van der Waals surface area contributed by atoms with Crippen molar-refractivity contribution in [3.63, 3.8) is 0 Å². The molecule has 0 unspecified atom stereocenters. The van der Waals surface area contributed by atoms with E-state index in [1.807, 2.05) is 6.92 Å². The molecule has 0 N–H and O–H groups in total. The lowest BCUT2D eigenvalue weighted by molar-refractivity contribution is 0.0428. The molecule has 3 nitrogen and oxygen atoms in total. The van der Waals surface area contributed by atoms with Crippen LogP contribution in [0.4, 0.5) is 4.39 Å². The number of hydrogen-bond donors (Lipinski definition) is 0. The van der Waals surface area contributed by atoms with E-state index in [-0.39, 0.29) is 17.5 Å². The predicted molar refractivity (Wildman–Crippen MR) is 81.0 cm³/mol. The van der Waals surface area contributed by atoms with Crippen molar-refractivity contribution in [2.45, 2.75) is 51.6 Å². The molecule has 1 saturated carbocycles. The molecule has 1 aliphatic rings. The first-order chi connectivity index (χ1) is 10.2. The van der Waals surface area contributed by atoms with Gasteiger partial charge in [-0.2, -0.15) is 0 Å². The minimum absolute atomic E-state index is 0.0906. The quantitative estimate of drug-likeness (QED) is 0.863. The molecule has 0 radical (unpaired) electrons. The molecule has 0 bridgehead atoms. The normalized spacial score (nSPS) is 15.7. The zero-order chi connectivity index (χ0) is 14.8. The number of fused-ring (bicyclic) bond motifs is 1. The van der Waals surface area contributed by atoms with Crippen LogP contribution in [0.1, 0.15) is 44.6 Å². The van der Waals surface area contributed by atoms with Crippen molar-refractivity contribution in [1.82, 2.24) is 4.73 Å². The third-order valence-corrected chi connectivity index (χ3v) is 4.07. The second-order valence-corrected chi connectivity index (χ2v) is 5.73. The summed E-state index contributed by atoms with van der Waals surface area (Å²) in [6.45, 7) is 2.03. The molecule has 1 aromatic carbocycles. The van der Waals surface area contributed by atoms with Gasteiger partial charge in [0.05, 0.1) is 5.52 Å². The Morgan fingerprint density at radius 2 is 2.05 bits per heavy atom. The summed E-state index contributed by atoms with van der Waals surface area (Å²) in [4.78, 5) is 18.5. The van der Waals surface area contributed by atoms with E-state index in [1.165, 1.54) is 16.9 Å². The summed E-state index contributed by atoms with van der Waals surface area (Å²) in [6.07, 6.45) is 5.88. The Morgan fingerprint density at radius 3 is 2.76 bits per heavy atom. The second kappa shape index (κ2) is 5.88. The first-order valence-corrected chi connectivity index (χ1v) is 7.70. The third-order valence-electron chi connectivity index (χ3n) is 4.07. The van der Waals surface area contributed by atoms with Gasteiger partial charge in [0.1, 0.15) is 11.9 Å². The summed E-state index contributed by atoms with van der Waals surface area (Å²) in [5.41, 5.74) is 1.23. The Morgan fingerprint density at radius 1 is 1.29 bits per heavy atom. The number of pyridine rings is 1. The monoisotopic (exact) mass is 289 g/mol. The van der Waals surface area contributed by atoms with Crippen molar-refractivity contribution in [2.75, 3.05) is 0 Å². The smallest absolute Gasteiger partial charge is 0.286 e. The lowest BCUT2D eigenvalue weighted by Gasteiger charge is -2.18. The Kier molecular flexibility index (Phi) is 3.95. The fourth-order valence-electron chi connectivity index (χ4n) is 3.01. The van der Waals surface area contributed by atoms with E-state index in [2.05, 4.69) is 0 Å². The summed E-state index contributed by atoms with van der Waals surface area (Å²) in [5, 5.41) is 0.719.